The van der Waals surface area contributed by atoms with E-state index in [1.807, 2.05) is 0 Å². The Morgan fingerprint density at radius 2 is 0.547 bits per heavy atom. The van der Waals surface area contributed by atoms with Gasteiger partial charge in [0.15, 0.2) is 0 Å². The molecule has 0 aromatic heterocycles. The van der Waals surface area contributed by atoms with Gasteiger partial charge in [0.1, 0.15) is 0 Å². The monoisotopic (exact) mass is 1130 g/mol. The van der Waals surface area contributed by atoms with Crippen LogP contribution in [-0.4, -0.2) is 67.3 Å². The predicted octanol–water partition coefficient (Wildman–Crippen LogP) is 4.49. The van der Waals surface area contributed by atoms with Crippen molar-refractivity contribution in [3.63, 3.8) is 0 Å². The SMILES string of the molecule is O=[N+]([O-])c1cccc(P(=O)(O)c2cccc([N+](=O)[O][Bi]([O][N+](=O)c3cccc(P(=O)(O)c4cccc([N+](=O)[O-])c4)c3)[O][N+](=O)c3cccc(P(=O)(O)c4cccc([N+](=O)[O-])c4)c3)c2)c1. The normalized spacial score (nSPS) is 13.9. The summed E-state index contributed by atoms with van der Waals surface area (Å²) in [5.74, 6) is 0. The molecule has 28 heteroatoms. The molecule has 0 fully saturated rings. The quantitative estimate of drug-likeness (QED) is 0.0462. The minimum atomic E-state index is -5.47. The Hall–Kier alpha value is -6.83. The van der Waals surface area contributed by atoms with Gasteiger partial charge in [0, 0.05) is 0 Å². The molecule has 0 aliphatic heterocycles. The summed E-state index contributed by atoms with van der Waals surface area (Å²) in [6, 6.07) is 25.4. The van der Waals surface area contributed by atoms with Crippen molar-refractivity contribution in [3.8, 4) is 0 Å². The first-order chi connectivity index (χ1) is 30.2. The number of non-ortho nitro benzene ring substituents is 3. The summed E-state index contributed by atoms with van der Waals surface area (Å²) in [6.45, 7) is 0. The molecule has 326 valence electrons. The first-order valence-electron chi connectivity index (χ1n) is 17.5. The van der Waals surface area contributed by atoms with Gasteiger partial charge in [-0.15, -0.1) is 0 Å². The van der Waals surface area contributed by atoms with Crippen LogP contribution in [-0.2, 0) is 22.4 Å². The zero-order valence-corrected chi connectivity index (χ0v) is 38.0. The van der Waals surface area contributed by atoms with E-state index < -0.39 is 110 Å². The average Bonchev–Trinajstić information content (AvgIpc) is 3.29. The predicted molar refractivity (Wildman–Crippen MR) is 225 cm³/mol. The van der Waals surface area contributed by atoms with Crippen LogP contribution in [0.5, 0.6) is 0 Å². The summed E-state index contributed by atoms with van der Waals surface area (Å²) in [5, 5.41) is 31.6. The number of nitro groups is 3. The Labute approximate surface area is 366 Å². The summed E-state index contributed by atoms with van der Waals surface area (Å²) in [7, 11) is -13.9. The molecule has 0 saturated carbocycles. The number of nitro benzene ring substituents is 3. The third-order valence-corrected chi connectivity index (χ3v) is 17.9. The van der Waals surface area contributed by atoms with Crippen LogP contribution in [0, 0.1) is 45.1 Å². The van der Waals surface area contributed by atoms with E-state index in [1.54, 1.807) is 0 Å². The Balaban J connectivity index is 1.32. The van der Waals surface area contributed by atoms with Gasteiger partial charge in [-0.2, -0.15) is 0 Å². The Morgan fingerprint density at radius 1 is 0.359 bits per heavy atom. The van der Waals surface area contributed by atoms with E-state index in [0.29, 0.717) is 0 Å². The molecule has 3 unspecified atom stereocenters. The van der Waals surface area contributed by atoms with E-state index in [9.17, 15) is 73.4 Å². The maximum atomic E-state index is 13.6. The van der Waals surface area contributed by atoms with Gasteiger partial charge in [0.05, 0.1) is 0 Å². The van der Waals surface area contributed by atoms with Gasteiger partial charge >= 0.3 is 368 Å². The van der Waals surface area contributed by atoms with E-state index in [1.165, 1.54) is 18.2 Å². The number of benzene rings is 6. The molecule has 0 saturated heterocycles. The molecule has 0 bridgehead atoms. The molecule has 6 aromatic carbocycles. The van der Waals surface area contributed by atoms with Crippen LogP contribution < -0.4 is 31.8 Å². The van der Waals surface area contributed by atoms with E-state index in [4.69, 9.17) is 8.74 Å². The number of hydrogen-bond donors (Lipinski definition) is 3. The van der Waals surface area contributed by atoms with Gasteiger partial charge in [-0.1, -0.05) is 0 Å². The van der Waals surface area contributed by atoms with Crippen LogP contribution in [0.25, 0.3) is 0 Å². The van der Waals surface area contributed by atoms with Crippen molar-refractivity contribution in [3.05, 3.63) is 191 Å². The molecule has 0 radical (unpaired) electrons. The summed E-state index contributed by atoms with van der Waals surface area (Å²) in [4.78, 5) is 104. The molecule has 3 N–H and O–H groups in total. The molecule has 0 aliphatic rings. The first-order valence-corrected chi connectivity index (χ1v) is 26.7. The van der Waals surface area contributed by atoms with Crippen molar-refractivity contribution in [2.45, 2.75) is 0 Å². The molecule has 64 heavy (non-hydrogen) atoms. The van der Waals surface area contributed by atoms with Crippen LogP contribution in [0.4, 0.5) is 34.1 Å². The van der Waals surface area contributed by atoms with Gasteiger partial charge in [-0.3, -0.25) is 0 Å². The average molecular weight is 1130 g/mol. The molecule has 6 rings (SSSR count). The van der Waals surface area contributed by atoms with Crippen molar-refractivity contribution < 1.29 is 66.7 Å². The van der Waals surface area contributed by atoms with Crippen molar-refractivity contribution in [2.24, 2.45) is 0 Å². The van der Waals surface area contributed by atoms with Gasteiger partial charge < -0.3 is 0 Å². The fourth-order valence-corrected chi connectivity index (χ4v) is 12.9. The molecular formula is C36H27BiN6O18P3+3. The molecule has 0 heterocycles. The zero-order chi connectivity index (χ0) is 46.6. The number of rotatable bonds is 18. The van der Waals surface area contributed by atoms with Crippen molar-refractivity contribution >= 4 is 111 Å². The molecule has 6 aromatic rings. The van der Waals surface area contributed by atoms with Gasteiger partial charge in [-0.05, 0) is 0 Å². The second-order valence-electron chi connectivity index (χ2n) is 12.9. The second-order valence-corrected chi connectivity index (χ2v) is 23.1. The van der Waals surface area contributed by atoms with Crippen molar-refractivity contribution in [2.75, 3.05) is 0 Å². The fourth-order valence-electron chi connectivity index (χ4n) is 5.59. The van der Waals surface area contributed by atoms with Crippen LogP contribution in [0.2, 0.25) is 0 Å². The fraction of sp³-hybridized carbons (Fsp3) is 0. The standard InChI is InChI=1S/3C12H9N2O6P.Bi/c3*15-13(16)9-3-1-5-11(7-9)21(19,20)12-6-2-4-10(8-12)14(17)18;/h3*1-8H,(H,19,20);/q;;;+3. The topological polar surface area (TPSA) is 329 Å². The zero-order valence-electron chi connectivity index (χ0n) is 31.8. The minimum absolute atomic E-state index is 0.322. The first kappa shape index (κ1) is 46.7. The molecule has 24 nitrogen and oxygen atoms in total. The third kappa shape index (κ3) is 10.3. The summed E-state index contributed by atoms with van der Waals surface area (Å²) < 4.78 is 56.6. The number of hydrogen-bond acceptors (Lipinski definition) is 15. The Bertz CT molecular complexity index is 2750. The number of nitrogens with zero attached hydrogens (tertiary/aromatic N) is 6. The van der Waals surface area contributed by atoms with Crippen molar-refractivity contribution in [1.82, 2.24) is 0 Å². The van der Waals surface area contributed by atoms with Gasteiger partial charge in [0.25, 0.3) is 0 Å². The van der Waals surface area contributed by atoms with Crippen LogP contribution >= 0.6 is 22.1 Å². The Kier molecular flexibility index (Phi) is 13.8. The van der Waals surface area contributed by atoms with Crippen molar-refractivity contribution in [1.29, 1.82) is 0 Å². The summed E-state index contributed by atoms with van der Waals surface area (Å²) in [5.41, 5.74) is -3.13. The Morgan fingerprint density at radius 3 is 0.750 bits per heavy atom. The maximum absolute atomic E-state index is 13.6. The van der Waals surface area contributed by atoms with E-state index in [0.717, 1.165) is 127 Å². The second kappa shape index (κ2) is 18.9. The molecular weight excluding hydrogens is 1110 g/mol. The van der Waals surface area contributed by atoms with E-state index >= 15 is 0 Å². The van der Waals surface area contributed by atoms with Gasteiger partial charge in [0.2, 0.25) is 0 Å². The molecule has 0 amide bonds. The van der Waals surface area contributed by atoms with Crippen LogP contribution in [0.3, 0.4) is 0 Å². The van der Waals surface area contributed by atoms with E-state index in [2.05, 4.69) is 0 Å². The third-order valence-electron chi connectivity index (χ3n) is 8.77. The molecule has 0 aliphatic carbocycles. The summed E-state index contributed by atoms with van der Waals surface area (Å²) >= 11 is -5.47. The summed E-state index contributed by atoms with van der Waals surface area (Å²) in [6.07, 6.45) is 0. The van der Waals surface area contributed by atoms with Crippen LogP contribution in [0.1, 0.15) is 0 Å². The van der Waals surface area contributed by atoms with Crippen LogP contribution in [0.15, 0.2) is 146 Å². The van der Waals surface area contributed by atoms with Gasteiger partial charge in [-0.25, -0.2) is 0 Å². The molecule has 3 atom stereocenters. The molecule has 0 spiro atoms. The van der Waals surface area contributed by atoms with E-state index in [-0.39, 0.29) is 30.7 Å².